The molecule has 5 N–H and O–H groups in total. The first-order chi connectivity index (χ1) is 12.5. The summed E-state index contributed by atoms with van der Waals surface area (Å²) in [5.41, 5.74) is -0.990. The van der Waals surface area contributed by atoms with Gasteiger partial charge in [0.1, 0.15) is 24.4 Å². The van der Waals surface area contributed by atoms with Gasteiger partial charge in [-0.3, -0.25) is 14.6 Å². The third-order valence-electron chi connectivity index (χ3n) is 7.39. The van der Waals surface area contributed by atoms with Gasteiger partial charge in [0.15, 0.2) is 5.78 Å². The Labute approximate surface area is 160 Å². The van der Waals surface area contributed by atoms with Gasteiger partial charge in [-0.15, -0.1) is 0 Å². The van der Waals surface area contributed by atoms with Crippen LogP contribution in [0, 0.1) is 22.7 Å². The van der Waals surface area contributed by atoms with Crippen LogP contribution in [-0.2, 0) is 4.79 Å². The van der Waals surface area contributed by atoms with Gasteiger partial charge in [-0.2, -0.15) is 0 Å². The van der Waals surface area contributed by atoms with Gasteiger partial charge >= 0.3 is 0 Å². The fraction of sp³-hybridized carbons (Fsp3) is 0.947. The average Bonchev–Trinajstić information content (AvgIpc) is 2.62. The molecule has 4 atom stereocenters. The van der Waals surface area contributed by atoms with Crippen LogP contribution in [0.4, 0.5) is 0 Å². The zero-order valence-corrected chi connectivity index (χ0v) is 16.6. The highest BCUT2D eigenvalue weighted by atomic mass is 16.4. The van der Waals surface area contributed by atoms with Gasteiger partial charge in [-0.25, -0.2) is 0 Å². The van der Waals surface area contributed by atoms with Crippen molar-refractivity contribution in [1.29, 1.82) is 0 Å². The molecule has 4 aliphatic rings. The molecule has 0 aromatic heterocycles. The number of ketones is 1. The van der Waals surface area contributed by atoms with Crippen molar-refractivity contribution in [3.05, 3.63) is 0 Å². The molecule has 27 heavy (non-hydrogen) atoms. The van der Waals surface area contributed by atoms with E-state index in [-0.39, 0.29) is 11.8 Å². The first-order valence-electron chi connectivity index (χ1n) is 9.88. The molecule has 8 heteroatoms. The number of hydrogen-bond donors (Lipinski definition) is 5. The lowest BCUT2D eigenvalue weighted by atomic mass is 9.53. The summed E-state index contributed by atoms with van der Waals surface area (Å²) in [5, 5.41) is 49.8. The first kappa shape index (κ1) is 21.1. The van der Waals surface area contributed by atoms with E-state index in [9.17, 15) is 25.2 Å². The highest BCUT2D eigenvalue weighted by Crippen LogP contribution is 2.54. The predicted octanol–water partition coefficient (Wildman–Crippen LogP) is -1.75. The molecule has 4 rings (SSSR count). The van der Waals surface area contributed by atoms with E-state index in [0.29, 0.717) is 32.0 Å². The molecule has 4 saturated heterocycles. The Morgan fingerprint density at radius 1 is 0.889 bits per heavy atom. The fourth-order valence-electron chi connectivity index (χ4n) is 5.45. The number of piperidine rings is 2. The van der Waals surface area contributed by atoms with Gasteiger partial charge < -0.3 is 25.5 Å². The lowest BCUT2D eigenvalue weighted by molar-refractivity contribution is -0.244. The minimum atomic E-state index is -1.65. The summed E-state index contributed by atoms with van der Waals surface area (Å²) in [4.78, 5) is 17.6. The quantitative estimate of drug-likeness (QED) is 0.349. The summed E-state index contributed by atoms with van der Waals surface area (Å²) in [5.74, 6) is 0.619. The van der Waals surface area contributed by atoms with Crippen molar-refractivity contribution in [2.45, 2.75) is 58.3 Å². The lowest BCUT2D eigenvalue weighted by Gasteiger charge is -2.69. The summed E-state index contributed by atoms with van der Waals surface area (Å²) in [7, 11) is 0. The maximum atomic E-state index is 13.5. The number of carbonyl (C=O) groups is 1. The third-order valence-corrected chi connectivity index (χ3v) is 7.39. The minimum Gasteiger partial charge on any atom is -0.394 e. The number of aliphatic hydroxyl groups is 5. The number of carbonyl (C=O) groups excluding carboxylic acids is 1. The van der Waals surface area contributed by atoms with Crippen LogP contribution in [0.25, 0.3) is 0 Å². The van der Waals surface area contributed by atoms with Crippen LogP contribution in [-0.4, -0.2) is 104 Å². The van der Waals surface area contributed by atoms with Crippen LogP contribution in [0.3, 0.4) is 0 Å². The molecular formula is C19H34N2O6. The van der Waals surface area contributed by atoms with E-state index < -0.39 is 48.0 Å². The largest absolute Gasteiger partial charge is 0.394 e. The van der Waals surface area contributed by atoms with Crippen molar-refractivity contribution < 1.29 is 30.3 Å². The Bertz CT molecular complexity index is 537. The van der Waals surface area contributed by atoms with E-state index >= 15 is 0 Å². The standard InChI is InChI=1S/C19H34N2O6/c1-10(2)18-6-20-8-19(11(3)4,17(18)27)9-21(7-18)16(20)15(26)14(25)13(24)12(23)5-22/h10-16,22-26H,5-9H2,1-4H3/t12-,13+,14+,15+,16?,18?,19?/m1/s1. The molecule has 0 spiro atoms. The van der Waals surface area contributed by atoms with E-state index in [2.05, 4.69) is 37.5 Å². The topological polar surface area (TPSA) is 125 Å². The molecule has 4 fully saturated rings. The molecule has 0 unspecified atom stereocenters. The normalized spacial score (nSPS) is 42.6. The van der Waals surface area contributed by atoms with Gasteiger partial charge in [0, 0.05) is 26.2 Å². The number of aliphatic hydroxyl groups excluding tert-OH is 5. The Morgan fingerprint density at radius 2 is 1.30 bits per heavy atom. The van der Waals surface area contributed by atoms with E-state index in [0.717, 1.165) is 0 Å². The number of Topliss-reactive ketones (excluding diaryl/α,β-unsaturated/α-hetero) is 1. The third kappa shape index (κ3) is 2.88. The summed E-state index contributed by atoms with van der Waals surface area (Å²) < 4.78 is 0. The van der Waals surface area contributed by atoms with Crippen LogP contribution in [0.1, 0.15) is 27.7 Å². The Hall–Kier alpha value is -0.610. The molecule has 0 aliphatic carbocycles. The van der Waals surface area contributed by atoms with Gasteiger partial charge in [0.25, 0.3) is 0 Å². The Morgan fingerprint density at radius 3 is 1.63 bits per heavy atom. The van der Waals surface area contributed by atoms with E-state index in [1.54, 1.807) is 0 Å². The Kier molecular flexibility index (Phi) is 5.49. The van der Waals surface area contributed by atoms with Crippen LogP contribution >= 0.6 is 0 Å². The van der Waals surface area contributed by atoms with Crippen molar-refractivity contribution >= 4 is 5.78 Å². The maximum absolute atomic E-state index is 13.5. The summed E-state index contributed by atoms with van der Waals surface area (Å²) in [6.07, 6.45) is -6.64. The Balaban J connectivity index is 1.91. The molecule has 0 aromatic carbocycles. The second-order valence-electron chi connectivity index (χ2n) is 9.40. The molecule has 4 bridgehead atoms. The molecular weight excluding hydrogens is 352 g/mol. The van der Waals surface area contributed by atoms with Crippen molar-refractivity contribution in [2.24, 2.45) is 22.7 Å². The smallest absolute Gasteiger partial charge is 0.150 e. The molecule has 8 nitrogen and oxygen atoms in total. The summed E-state index contributed by atoms with van der Waals surface area (Å²) in [6, 6.07) is 0. The van der Waals surface area contributed by atoms with E-state index in [4.69, 9.17) is 5.11 Å². The van der Waals surface area contributed by atoms with E-state index in [1.165, 1.54) is 0 Å². The maximum Gasteiger partial charge on any atom is 0.150 e. The van der Waals surface area contributed by atoms with Gasteiger partial charge in [-0.1, -0.05) is 27.7 Å². The molecule has 0 saturated carbocycles. The second-order valence-corrected chi connectivity index (χ2v) is 9.40. The molecule has 156 valence electrons. The minimum absolute atomic E-state index is 0.151. The zero-order chi connectivity index (χ0) is 20.3. The summed E-state index contributed by atoms with van der Waals surface area (Å²) in [6.45, 7) is 9.59. The molecule has 0 aromatic rings. The SMILES string of the molecule is CC(C)C12CN3CC(C(C)C)(CN(C1)C3[C@@H](O)[C@@H](O)[C@@H](O)[C@H](O)CO)C2=O. The number of rotatable bonds is 7. The average molecular weight is 386 g/mol. The molecule has 4 aliphatic heterocycles. The number of nitrogens with zero attached hydrogens (tertiary/aromatic N) is 2. The molecule has 0 radical (unpaired) electrons. The second kappa shape index (κ2) is 7.02. The van der Waals surface area contributed by atoms with Gasteiger partial charge in [0.2, 0.25) is 0 Å². The number of hydrogen-bond acceptors (Lipinski definition) is 8. The van der Waals surface area contributed by atoms with Crippen LogP contribution < -0.4 is 0 Å². The van der Waals surface area contributed by atoms with Crippen molar-refractivity contribution in [2.75, 3.05) is 32.8 Å². The van der Waals surface area contributed by atoms with Gasteiger partial charge in [-0.05, 0) is 11.8 Å². The predicted molar refractivity (Wildman–Crippen MR) is 97.6 cm³/mol. The van der Waals surface area contributed by atoms with E-state index in [1.807, 2.05) is 0 Å². The zero-order valence-electron chi connectivity index (χ0n) is 16.6. The van der Waals surface area contributed by atoms with Crippen LogP contribution in [0.5, 0.6) is 0 Å². The highest BCUT2D eigenvalue weighted by Gasteiger charge is 2.68. The fourth-order valence-corrected chi connectivity index (χ4v) is 5.45. The van der Waals surface area contributed by atoms with Crippen molar-refractivity contribution in [3.63, 3.8) is 0 Å². The van der Waals surface area contributed by atoms with Crippen LogP contribution in [0.15, 0.2) is 0 Å². The first-order valence-corrected chi connectivity index (χ1v) is 9.88. The van der Waals surface area contributed by atoms with Crippen molar-refractivity contribution in [3.8, 4) is 0 Å². The lowest BCUT2D eigenvalue weighted by Crippen LogP contribution is -2.83. The monoisotopic (exact) mass is 386 g/mol. The van der Waals surface area contributed by atoms with Gasteiger partial charge in [0.05, 0.1) is 23.6 Å². The molecule has 4 heterocycles. The van der Waals surface area contributed by atoms with Crippen molar-refractivity contribution in [1.82, 2.24) is 9.80 Å². The summed E-state index contributed by atoms with van der Waals surface area (Å²) >= 11 is 0. The molecule has 0 amide bonds. The highest BCUT2D eigenvalue weighted by molar-refractivity contribution is 5.94. The van der Waals surface area contributed by atoms with Crippen LogP contribution in [0.2, 0.25) is 0 Å².